The summed E-state index contributed by atoms with van der Waals surface area (Å²) in [5, 5.41) is 28.7. The maximum atomic E-state index is 10.9. The van der Waals surface area contributed by atoms with Gasteiger partial charge in [0.1, 0.15) is 30.2 Å². The molecule has 21 heavy (non-hydrogen) atoms. The number of aromatic nitrogens is 1. The summed E-state index contributed by atoms with van der Waals surface area (Å²) in [6, 6.07) is 2.91. The number of carboxylic acid groups (broad SMARTS) is 1. The van der Waals surface area contributed by atoms with Gasteiger partial charge in [0.25, 0.3) is 5.69 Å². The van der Waals surface area contributed by atoms with Crippen LogP contribution in [0, 0.1) is 21.4 Å². The fourth-order valence-corrected chi connectivity index (χ4v) is 1.62. The number of nitriles is 1. The van der Waals surface area contributed by atoms with Crippen LogP contribution in [0.25, 0.3) is 0 Å². The van der Waals surface area contributed by atoms with Gasteiger partial charge in [-0.3, -0.25) is 14.9 Å². The Morgan fingerprint density at radius 3 is 2.67 bits per heavy atom. The second-order valence-corrected chi connectivity index (χ2v) is 4.55. The van der Waals surface area contributed by atoms with Gasteiger partial charge in [-0.15, -0.1) is 0 Å². The number of hydrogen-bond donors (Lipinski definition) is 1. The van der Waals surface area contributed by atoms with E-state index in [-0.39, 0.29) is 23.6 Å². The fraction of sp³-hybridized carbons (Fsp3) is 0.417. The van der Waals surface area contributed by atoms with E-state index < -0.39 is 10.9 Å². The molecule has 0 aromatic carbocycles. The van der Waals surface area contributed by atoms with Crippen molar-refractivity contribution in [2.24, 2.45) is 0 Å². The van der Waals surface area contributed by atoms with E-state index in [1.54, 1.807) is 0 Å². The highest BCUT2D eigenvalue weighted by atomic mass is 16.6. The smallest absolute Gasteiger partial charge is 0.323 e. The van der Waals surface area contributed by atoms with E-state index in [2.05, 4.69) is 4.98 Å². The first kappa shape index (κ1) is 16.3. The highest BCUT2D eigenvalue weighted by Crippen LogP contribution is 2.21. The van der Waals surface area contributed by atoms with Crippen LogP contribution in [-0.4, -0.2) is 59.6 Å². The third-order valence-corrected chi connectivity index (χ3v) is 2.63. The Labute approximate surface area is 121 Å². The zero-order chi connectivity index (χ0) is 16.0. The Bertz CT molecular complexity index is 582. The minimum atomic E-state index is -1.07. The van der Waals surface area contributed by atoms with Gasteiger partial charge in [0.05, 0.1) is 4.92 Å². The standard InChI is InChI=1S/C12H15N5O4/c1-15(2)3-4-16(8-11(18)19)12-9(6-13)5-10(7-14-12)17(20)21/h5,7H,3-4,8H2,1-2H3,(H,18,19). The number of carboxylic acids is 1. The number of rotatable bonds is 7. The lowest BCUT2D eigenvalue weighted by Crippen LogP contribution is -2.36. The Morgan fingerprint density at radius 2 is 2.19 bits per heavy atom. The summed E-state index contributed by atoms with van der Waals surface area (Å²) in [5.74, 6) is -0.940. The van der Waals surface area contributed by atoms with Gasteiger partial charge in [0, 0.05) is 19.2 Å². The van der Waals surface area contributed by atoms with Gasteiger partial charge in [-0.05, 0) is 14.1 Å². The number of nitro groups is 1. The summed E-state index contributed by atoms with van der Waals surface area (Å²) in [5.41, 5.74) is -0.331. The monoisotopic (exact) mass is 293 g/mol. The number of aliphatic carboxylic acids is 1. The van der Waals surface area contributed by atoms with E-state index in [4.69, 9.17) is 10.4 Å². The van der Waals surface area contributed by atoms with Crippen LogP contribution >= 0.6 is 0 Å². The highest BCUT2D eigenvalue weighted by molar-refractivity contribution is 5.74. The Morgan fingerprint density at radius 1 is 1.52 bits per heavy atom. The molecule has 0 unspecified atom stereocenters. The van der Waals surface area contributed by atoms with Crippen LogP contribution < -0.4 is 4.90 Å². The van der Waals surface area contributed by atoms with Crippen LogP contribution in [0.4, 0.5) is 11.5 Å². The van der Waals surface area contributed by atoms with E-state index in [0.717, 1.165) is 12.3 Å². The molecule has 1 heterocycles. The van der Waals surface area contributed by atoms with Crippen LogP contribution in [0.15, 0.2) is 12.3 Å². The molecule has 0 aliphatic carbocycles. The molecule has 0 bridgehead atoms. The lowest BCUT2D eigenvalue weighted by molar-refractivity contribution is -0.385. The molecular formula is C12H15N5O4. The summed E-state index contributed by atoms with van der Waals surface area (Å²) in [6.07, 6.45) is 1.01. The van der Waals surface area contributed by atoms with Crippen molar-refractivity contribution in [3.8, 4) is 6.07 Å². The molecule has 1 aromatic heterocycles. The van der Waals surface area contributed by atoms with Crippen molar-refractivity contribution < 1.29 is 14.8 Å². The normalized spacial score (nSPS) is 10.2. The van der Waals surface area contributed by atoms with E-state index in [9.17, 15) is 14.9 Å². The molecular weight excluding hydrogens is 278 g/mol. The number of carbonyl (C=O) groups is 1. The molecule has 0 spiro atoms. The van der Waals surface area contributed by atoms with Crippen LogP contribution in [0.2, 0.25) is 0 Å². The molecule has 0 atom stereocenters. The second kappa shape index (κ2) is 7.16. The molecule has 0 amide bonds. The number of anilines is 1. The molecule has 0 radical (unpaired) electrons. The number of nitrogens with zero attached hydrogens (tertiary/aromatic N) is 5. The van der Waals surface area contributed by atoms with Crippen molar-refractivity contribution in [2.45, 2.75) is 0 Å². The maximum absolute atomic E-state index is 10.9. The Hall–Kier alpha value is -2.73. The van der Waals surface area contributed by atoms with Crippen molar-refractivity contribution in [3.63, 3.8) is 0 Å². The van der Waals surface area contributed by atoms with E-state index >= 15 is 0 Å². The molecule has 1 N–H and O–H groups in total. The van der Waals surface area contributed by atoms with Gasteiger partial charge in [-0.1, -0.05) is 0 Å². The van der Waals surface area contributed by atoms with Gasteiger partial charge in [0.2, 0.25) is 0 Å². The van der Waals surface area contributed by atoms with Crippen molar-refractivity contribution in [1.29, 1.82) is 5.26 Å². The maximum Gasteiger partial charge on any atom is 0.323 e. The van der Waals surface area contributed by atoms with Gasteiger partial charge in [-0.2, -0.15) is 5.26 Å². The molecule has 0 aliphatic rings. The molecule has 9 nitrogen and oxygen atoms in total. The molecule has 112 valence electrons. The van der Waals surface area contributed by atoms with E-state index in [1.165, 1.54) is 4.90 Å². The quantitative estimate of drug-likeness (QED) is 0.562. The molecule has 9 heteroatoms. The van der Waals surface area contributed by atoms with Gasteiger partial charge >= 0.3 is 5.97 Å². The third-order valence-electron chi connectivity index (χ3n) is 2.63. The van der Waals surface area contributed by atoms with E-state index in [0.29, 0.717) is 13.1 Å². The minimum Gasteiger partial charge on any atom is -0.480 e. The van der Waals surface area contributed by atoms with Gasteiger partial charge < -0.3 is 14.9 Å². The predicted octanol–water partition coefficient (Wildman–Crippen LogP) is 0.314. The molecule has 0 saturated heterocycles. The first-order valence-electron chi connectivity index (χ1n) is 6.01. The SMILES string of the molecule is CN(C)CCN(CC(=O)O)c1ncc([N+](=O)[O-])cc1C#N. The van der Waals surface area contributed by atoms with Crippen molar-refractivity contribution in [3.05, 3.63) is 27.9 Å². The summed E-state index contributed by atoms with van der Waals surface area (Å²) >= 11 is 0. The lowest BCUT2D eigenvalue weighted by atomic mass is 10.2. The third kappa shape index (κ3) is 4.70. The molecule has 1 rings (SSSR count). The summed E-state index contributed by atoms with van der Waals surface area (Å²) < 4.78 is 0. The number of pyridine rings is 1. The van der Waals surface area contributed by atoms with Crippen molar-refractivity contribution >= 4 is 17.5 Å². The predicted molar refractivity (Wildman–Crippen MR) is 74.0 cm³/mol. The lowest BCUT2D eigenvalue weighted by Gasteiger charge is -2.24. The van der Waals surface area contributed by atoms with Crippen LogP contribution in [-0.2, 0) is 4.79 Å². The molecule has 0 aliphatic heterocycles. The average Bonchev–Trinajstić information content (AvgIpc) is 2.42. The van der Waals surface area contributed by atoms with Gasteiger partial charge in [-0.25, -0.2) is 4.98 Å². The topological polar surface area (TPSA) is 124 Å². The zero-order valence-corrected chi connectivity index (χ0v) is 11.7. The van der Waals surface area contributed by atoms with Crippen molar-refractivity contribution in [1.82, 2.24) is 9.88 Å². The highest BCUT2D eigenvalue weighted by Gasteiger charge is 2.19. The number of hydrogen-bond acceptors (Lipinski definition) is 7. The van der Waals surface area contributed by atoms with E-state index in [1.807, 2.05) is 25.1 Å². The van der Waals surface area contributed by atoms with Crippen LogP contribution in [0.1, 0.15) is 5.56 Å². The van der Waals surface area contributed by atoms with Crippen LogP contribution in [0.5, 0.6) is 0 Å². The molecule has 0 saturated carbocycles. The molecule has 1 aromatic rings. The first-order chi connectivity index (χ1) is 9.85. The number of likely N-dealkylation sites (N-methyl/N-ethyl adjacent to an activating group) is 1. The summed E-state index contributed by atoms with van der Waals surface area (Å²) in [4.78, 5) is 28.1. The largest absolute Gasteiger partial charge is 0.480 e. The fourth-order valence-electron chi connectivity index (χ4n) is 1.62. The second-order valence-electron chi connectivity index (χ2n) is 4.55. The Kier molecular flexibility index (Phi) is 5.57. The first-order valence-corrected chi connectivity index (χ1v) is 6.01. The zero-order valence-electron chi connectivity index (χ0n) is 11.7. The van der Waals surface area contributed by atoms with Gasteiger partial charge in [0.15, 0.2) is 0 Å². The average molecular weight is 293 g/mol. The minimum absolute atomic E-state index is 0.0239. The van der Waals surface area contributed by atoms with Crippen molar-refractivity contribution in [2.75, 3.05) is 38.6 Å². The summed E-state index contributed by atoms with van der Waals surface area (Å²) in [7, 11) is 3.65. The van der Waals surface area contributed by atoms with Crippen LogP contribution in [0.3, 0.4) is 0 Å². The Balaban J connectivity index is 3.14. The molecule has 0 fully saturated rings. The summed E-state index contributed by atoms with van der Waals surface area (Å²) in [6.45, 7) is 0.545.